The molecule has 0 fully saturated rings. The average molecular weight is 313 g/mol. The fourth-order valence-corrected chi connectivity index (χ4v) is 2.33. The van der Waals surface area contributed by atoms with E-state index in [1.807, 2.05) is 0 Å². The van der Waals surface area contributed by atoms with Crippen LogP contribution in [0.5, 0.6) is 0 Å². The first kappa shape index (κ1) is 14.4. The summed E-state index contributed by atoms with van der Waals surface area (Å²) >= 11 is 11.9. The number of halogens is 2. The summed E-state index contributed by atoms with van der Waals surface area (Å²) in [5, 5.41) is 11.9. The molecule has 5 nitrogen and oxygen atoms in total. The lowest BCUT2D eigenvalue weighted by molar-refractivity contribution is 0.0692. The fraction of sp³-hybridized carbons (Fsp3) is 0.0769. The number of rotatable bonds is 3. The van der Waals surface area contributed by atoms with Gasteiger partial charge in [0.05, 0.1) is 21.3 Å². The van der Waals surface area contributed by atoms with Gasteiger partial charge in [-0.3, -0.25) is 4.79 Å². The summed E-state index contributed by atoms with van der Waals surface area (Å²) in [6, 6.07) is 6.20. The quantitative estimate of drug-likeness (QED) is 0.810. The molecule has 20 heavy (non-hydrogen) atoms. The number of hydrogen-bond acceptors (Lipinski definition) is 2. The van der Waals surface area contributed by atoms with E-state index in [4.69, 9.17) is 28.3 Å². The lowest BCUT2D eigenvalue weighted by Gasteiger charge is -2.07. The van der Waals surface area contributed by atoms with E-state index in [0.717, 1.165) is 0 Å². The molecule has 0 saturated heterocycles. The van der Waals surface area contributed by atoms with Crippen LogP contribution in [0.3, 0.4) is 0 Å². The van der Waals surface area contributed by atoms with Crippen LogP contribution in [0.1, 0.15) is 26.5 Å². The van der Waals surface area contributed by atoms with Gasteiger partial charge in [0.2, 0.25) is 0 Å². The van der Waals surface area contributed by atoms with Crippen molar-refractivity contribution < 1.29 is 14.7 Å². The third-order valence-electron chi connectivity index (χ3n) is 2.60. The molecule has 0 spiro atoms. The molecule has 0 saturated carbocycles. The first-order valence-electron chi connectivity index (χ1n) is 5.58. The maximum atomic E-state index is 12.2. The Morgan fingerprint density at radius 3 is 2.40 bits per heavy atom. The van der Waals surface area contributed by atoms with Crippen molar-refractivity contribution in [2.45, 2.75) is 6.92 Å². The van der Waals surface area contributed by atoms with Crippen molar-refractivity contribution in [3.05, 3.63) is 51.3 Å². The minimum absolute atomic E-state index is 0.0981. The summed E-state index contributed by atoms with van der Waals surface area (Å²) < 4.78 is 0. The van der Waals surface area contributed by atoms with Crippen LogP contribution in [0.4, 0.5) is 5.69 Å². The maximum absolute atomic E-state index is 12.2. The van der Waals surface area contributed by atoms with E-state index in [9.17, 15) is 9.59 Å². The zero-order valence-electron chi connectivity index (χ0n) is 10.3. The molecule has 1 amide bonds. The third kappa shape index (κ3) is 2.79. The van der Waals surface area contributed by atoms with Gasteiger partial charge in [0.25, 0.3) is 5.91 Å². The van der Waals surface area contributed by atoms with Crippen LogP contribution in [0.2, 0.25) is 10.0 Å². The Kier molecular flexibility index (Phi) is 4.01. The number of aromatic carboxylic acids is 1. The number of carboxylic acids is 1. The van der Waals surface area contributed by atoms with E-state index in [1.54, 1.807) is 13.0 Å². The molecule has 1 aromatic heterocycles. The van der Waals surface area contributed by atoms with Gasteiger partial charge in [-0.2, -0.15) is 0 Å². The number of carbonyl (C=O) groups is 2. The van der Waals surface area contributed by atoms with Gasteiger partial charge in [0.15, 0.2) is 0 Å². The van der Waals surface area contributed by atoms with Crippen LogP contribution in [-0.4, -0.2) is 22.0 Å². The van der Waals surface area contributed by atoms with Crippen LogP contribution in [0, 0.1) is 6.92 Å². The number of aromatic amines is 1. The molecule has 0 aliphatic rings. The summed E-state index contributed by atoms with van der Waals surface area (Å²) in [7, 11) is 0. The number of amides is 1. The molecule has 104 valence electrons. The highest BCUT2D eigenvalue weighted by Gasteiger charge is 2.19. The number of hydrogen-bond donors (Lipinski definition) is 3. The fourth-order valence-electron chi connectivity index (χ4n) is 1.76. The first-order valence-corrected chi connectivity index (χ1v) is 6.34. The predicted octanol–water partition coefficient (Wildman–Crippen LogP) is 3.58. The zero-order chi connectivity index (χ0) is 14.9. The second kappa shape index (κ2) is 5.56. The molecule has 0 bridgehead atoms. The topological polar surface area (TPSA) is 82.2 Å². The molecule has 7 heteroatoms. The Morgan fingerprint density at radius 1 is 1.25 bits per heavy atom. The number of H-pyrrole nitrogens is 1. The average Bonchev–Trinajstić information content (AvgIpc) is 2.70. The van der Waals surface area contributed by atoms with Crippen molar-refractivity contribution in [3.63, 3.8) is 0 Å². The Bertz CT molecular complexity index is 675. The van der Waals surface area contributed by atoms with E-state index in [0.29, 0.717) is 5.69 Å². The lowest BCUT2D eigenvalue weighted by atomic mass is 10.2. The molecule has 3 N–H and O–H groups in total. The Balaban J connectivity index is 2.35. The van der Waals surface area contributed by atoms with Gasteiger partial charge in [0.1, 0.15) is 5.69 Å². The molecule has 0 radical (unpaired) electrons. The molecular formula is C13H10Cl2N2O3. The highest BCUT2D eigenvalue weighted by Crippen LogP contribution is 2.26. The van der Waals surface area contributed by atoms with Gasteiger partial charge in [0, 0.05) is 5.69 Å². The molecule has 1 heterocycles. The predicted molar refractivity (Wildman–Crippen MR) is 76.9 cm³/mol. The van der Waals surface area contributed by atoms with Crippen molar-refractivity contribution in [1.29, 1.82) is 0 Å². The number of nitrogens with one attached hydrogen (secondary N) is 2. The second-order valence-corrected chi connectivity index (χ2v) is 4.91. The molecule has 2 rings (SSSR count). The monoisotopic (exact) mass is 312 g/mol. The van der Waals surface area contributed by atoms with Gasteiger partial charge in [-0.25, -0.2) is 4.79 Å². The number of aryl methyl sites for hydroxylation is 1. The minimum atomic E-state index is -1.17. The summed E-state index contributed by atoms with van der Waals surface area (Å²) in [4.78, 5) is 25.9. The summed E-state index contributed by atoms with van der Waals surface area (Å²) in [5.74, 6) is -1.74. The molecule has 0 unspecified atom stereocenters. The van der Waals surface area contributed by atoms with E-state index < -0.39 is 11.9 Å². The number of aromatic nitrogens is 1. The van der Waals surface area contributed by atoms with Crippen molar-refractivity contribution >= 4 is 40.8 Å². The van der Waals surface area contributed by atoms with Gasteiger partial charge in [-0.05, 0) is 25.1 Å². The van der Waals surface area contributed by atoms with Crippen molar-refractivity contribution in [2.24, 2.45) is 0 Å². The van der Waals surface area contributed by atoms with Crippen LogP contribution < -0.4 is 5.32 Å². The highest BCUT2D eigenvalue weighted by atomic mass is 35.5. The van der Waals surface area contributed by atoms with Gasteiger partial charge >= 0.3 is 5.97 Å². The molecule has 0 atom stereocenters. The van der Waals surface area contributed by atoms with Gasteiger partial charge in [-0.15, -0.1) is 0 Å². The van der Waals surface area contributed by atoms with Crippen LogP contribution >= 0.6 is 23.2 Å². The van der Waals surface area contributed by atoms with Crippen LogP contribution in [0.15, 0.2) is 24.3 Å². The first-order chi connectivity index (χ1) is 9.40. The largest absolute Gasteiger partial charge is 0.477 e. The van der Waals surface area contributed by atoms with E-state index in [2.05, 4.69) is 10.3 Å². The number of carbonyl (C=O) groups excluding carboxylic acids is 1. The normalized spacial score (nSPS) is 10.3. The highest BCUT2D eigenvalue weighted by molar-refractivity contribution is 6.40. The summed E-state index contributed by atoms with van der Waals surface area (Å²) in [6.07, 6.45) is 0. The second-order valence-electron chi connectivity index (χ2n) is 4.10. The van der Waals surface area contributed by atoms with Crippen molar-refractivity contribution in [1.82, 2.24) is 4.98 Å². The number of benzene rings is 1. The molecule has 0 aliphatic heterocycles. The van der Waals surface area contributed by atoms with Crippen molar-refractivity contribution in [3.8, 4) is 0 Å². The zero-order valence-corrected chi connectivity index (χ0v) is 11.8. The molecular weight excluding hydrogens is 303 g/mol. The standard InChI is InChI=1S/C13H10Cl2N2O3/c1-6-5-9(11(16-6)13(19)20)17-12(18)10-7(14)3-2-4-8(10)15/h2-5,16H,1H3,(H,17,18)(H,19,20). The lowest BCUT2D eigenvalue weighted by Crippen LogP contribution is -2.15. The van der Waals surface area contributed by atoms with Gasteiger partial charge in [-0.1, -0.05) is 29.3 Å². The minimum Gasteiger partial charge on any atom is -0.477 e. The molecule has 1 aromatic carbocycles. The van der Waals surface area contributed by atoms with E-state index in [-0.39, 0.29) is 27.0 Å². The number of anilines is 1. The molecule has 0 aliphatic carbocycles. The third-order valence-corrected chi connectivity index (χ3v) is 3.23. The van der Waals surface area contributed by atoms with Gasteiger partial charge < -0.3 is 15.4 Å². The van der Waals surface area contributed by atoms with Crippen LogP contribution in [0.25, 0.3) is 0 Å². The SMILES string of the molecule is Cc1cc(NC(=O)c2c(Cl)cccc2Cl)c(C(=O)O)[nH]1. The summed E-state index contributed by atoms with van der Waals surface area (Å²) in [5.41, 5.74) is 0.781. The summed E-state index contributed by atoms with van der Waals surface area (Å²) in [6.45, 7) is 1.69. The van der Waals surface area contributed by atoms with E-state index >= 15 is 0 Å². The Labute approximate surface area is 124 Å². The molecule has 2 aromatic rings. The van der Waals surface area contributed by atoms with Crippen LogP contribution in [-0.2, 0) is 0 Å². The Morgan fingerprint density at radius 2 is 1.85 bits per heavy atom. The smallest absolute Gasteiger partial charge is 0.354 e. The maximum Gasteiger partial charge on any atom is 0.354 e. The Hall–Kier alpha value is -1.98. The van der Waals surface area contributed by atoms with E-state index in [1.165, 1.54) is 18.2 Å². The number of carboxylic acid groups (broad SMARTS) is 1. The van der Waals surface area contributed by atoms with Crippen molar-refractivity contribution in [2.75, 3.05) is 5.32 Å².